The van der Waals surface area contributed by atoms with E-state index < -0.39 is 0 Å². The summed E-state index contributed by atoms with van der Waals surface area (Å²) in [5.74, 6) is -0.278. The second-order valence-corrected chi connectivity index (χ2v) is 5.35. The number of hydrogen-bond acceptors (Lipinski definition) is 2. The largest absolute Gasteiger partial charge is 0.313 e. The van der Waals surface area contributed by atoms with Crippen LogP contribution in [-0.2, 0) is 6.42 Å². The molecule has 108 valence electrons. The number of fused-ring (bicyclic) bond motifs is 1. The lowest BCUT2D eigenvalue weighted by molar-refractivity contribution is 0.556. The molecule has 3 nitrogen and oxygen atoms in total. The van der Waals surface area contributed by atoms with Crippen molar-refractivity contribution >= 4 is 17.1 Å². The summed E-state index contributed by atoms with van der Waals surface area (Å²) in [5.41, 5.74) is 2.70. The van der Waals surface area contributed by atoms with Crippen molar-refractivity contribution in [1.29, 1.82) is 0 Å². The average molecular weight is 304 g/mol. The number of nitrogens with zero attached hydrogens (tertiary/aromatic N) is 2. The van der Waals surface area contributed by atoms with E-state index >= 15 is 0 Å². The molecule has 21 heavy (non-hydrogen) atoms. The summed E-state index contributed by atoms with van der Waals surface area (Å²) in [6.07, 6.45) is 4.26. The number of aromatic nitrogens is 2. The Kier molecular flexibility index (Phi) is 3.90. The maximum absolute atomic E-state index is 14.0. The van der Waals surface area contributed by atoms with Crippen molar-refractivity contribution in [3.8, 4) is 0 Å². The zero-order valence-corrected chi connectivity index (χ0v) is 12.3. The predicted molar refractivity (Wildman–Crippen MR) is 82.1 cm³/mol. The Labute approximate surface area is 127 Å². The molecule has 5 heteroatoms. The number of benzene rings is 1. The molecule has 3 rings (SSSR count). The first-order valence-electron chi connectivity index (χ1n) is 6.72. The van der Waals surface area contributed by atoms with Crippen molar-refractivity contribution in [2.45, 2.75) is 12.5 Å². The van der Waals surface area contributed by atoms with Gasteiger partial charge in [0.1, 0.15) is 5.82 Å². The van der Waals surface area contributed by atoms with E-state index in [4.69, 9.17) is 11.6 Å². The van der Waals surface area contributed by atoms with E-state index in [1.54, 1.807) is 12.1 Å². The number of rotatable bonds is 4. The molecule has 0 aliphatic heterocycles. The van der Waals surface area contributed by atoms with Gasteiger partial charge >= 0.3 is 0 Å². The van der Waals surface area contributed by atoms with E-state index in [0.29, 0.717) is 17.0 Å². The summed E-state index contributed by atoms with van der Waals surface area (Å²) in [6, 6.07) is 10.7. The lowest BCUT2D eigenvalue weighted by atomic mass is 9.99. The Balaban J connectivity index is 1.95. The SMILES string of the molecule is CNC(Cc1ccc(Cl)cc1F)c1cnn2ccccc12. The van der Waals surface area contributed by atoms with Gasteiger partial charge in [0.15, 0.2) is 0 Å². The third-order valence-corrected chi connectivity index (χ3v) is 3.85. The van der Waals surface area contributed by atoms with E-state index in [2.05, 4.69) is 10.4 Å². The van der Waals surface area contributed by atoms with Crippen LogP contribution >= 0.6 is 11.6 Å². The van der Waals surface area contributed by atoms with E-state index in [0.717, 1.165) is 11.1 Å². The van der Waals surface area contributed by atoms with Crippen LogP contribution in [0.1, 0.15) is 17.2 Å². The van der Waals surface area contributed by atoms with Gasteiger partial charge in [-0.05, 0) is 43.3 Å². The topological polar surface area (TPSA) is 29.3 Å². The quantitative estimate of drug-likeness (QED) is 0.797. The summed E-state index contributed by atoms with van der Waals surface area (Å²) < 4.78 is 15.8. The van der Waals surface area contributed by atoms with Crippen LogP contribution in [0, 0.1) is 5.82 Å². The Hall–Kier alpha value is -1.91. The van der Waals surface area contributed by atoms with Crippen molar-refractivity contribution in [2.24, 2.45) is 0 Å². The Morgan fingerprint density at radius 3 is 2.95 bits per heavy atom. The van der Waals surface area contributed by atoms with Crippen LogP contribution in [0.25, 0.3) is 5.52 Å². The maximum atomic E-state index is 14.0. The smallest absolute Gasteiger partial charge is 0.127 e. The molecule has 0 bridgehead atoms. The molecule has 1 unspecified atom stereocenters. The molecule has 0 radical (unpaired) electrons. The third kappa shape index (κ3) is 2.77. The molecule has 0 fully saturated rings. The molecular weight excluding hydrogens is 289 g/mol. The first-order chi connectivity index (χ1) is 10.2. The van der Waals surface area contributed by atoms with Gasteiger partial charge in [0.25, 0.3) is 0 Å². The number of hydrogen-bond donors (Lipinski definition) is 1. The Morgan fingerprint density at radius 2 is 2.19 bits per heavy atom. The molecule has 1 atom stereocenters. The highest BCUT2D eigenvalue weighted by molar-refractivity contribution is 6.30. The monoisotopic (exact) mass is 303 g/mol. The molecule has 0 amide bonds. The van der Waals surface area contributed by atoms with Gasteiger partial charge in [-0.15, -0.1) is 0 Å². The lowest BCUT2D eigenvalue weighted by Crippen LogP contribution is -2.19. The maximum Gasteiger partial charge on any atom is 0.127 e. The summed E-state index contributed by atoms with van der Waals surface area (Å²) in [6.45, 7) is 0. The van der Waals surface area contributed by atoms with E-state index in [1.807, 2.05) is 42.2 Å². The minimum Gasteiger partial charge on any atom is -0.313 e. The van der Waals surface area contributed by atoms with Crippen LogP contribution < -0.4 is 5.32 Å². The summed E-state index contributed by atoms with van der Waals surface area (Å²) >= 11 is 5.80. The van der Waals surface area contributed by atoms with Gasteiger partial charge in [-0.3, -0.25) is 0 Å². The van der Waals surface area contributed by atoms with Crippen LogP contribution in [0.15, 0.2) is 48.8 Å². The zero-order valence-electron chi connectivity index (χ0n) is 11.6. The minimum atomic E-state index is -0.278. The second-order valence-electron chi connectivity index (χ2n) is 4.91. The molecule has 0 saturated carbocycles. The normalized spacial score (nSPS) is 12.7. The fraction of sp³-hybridized carbons (Fsp3) is 0.188. The van der Waals surface area contributed by atoms with E-state index in [1.165, 1.54) is 6.07 Å². The van der Waals surface area contributed by atoms with Crippen molar-refractivity contribution in [2.75, 3.05) is 7.05 Å². The Morgan fingerprint density at radius 1 is 1.33 bits per heavy atom. The highest BCUT2D eigenvalue weighted by Crippen LogP contribution is 2.24. The highest BCUT2D eigenvalue weighted by atomic mass is 35.5. The van der Waals surface area contributed by atoms with Crippen LogP contribution in [0.5, 0.6) is 0 Å². The summed E-state index contributed by atoms with van der Waals surface area (Å²) in [7, 11) is 1.87. The first kappa shape index (κ1) is 14.0. The summed E-state index contributed by atoms with van der Waals surface area (Å²) in [5, 5.41) is 7.97. The first-order valence-corrected chi connectivity index (χ1v) is 7.10. The number of likely N-dealkylation sites (N-methyl/N-ethyl adjacent to an activating group) is 1. The molecule has 2 heterocycles. The van der Waals surface area contributed by atoms with Gasteiger partial charge in [-0.2, -0.15) is 5.10 Å². The molecule has 1 aromatic carbocycles. The van der Waals surface area contributed by atoms with Crippen LogP contribution in [0.2, 0.25) is 5.02 Å². The molecule has 0 spiro atoms. The standard InChI is InChI=1S/C16H15ClFN3/c1-19-15(8-11-5-6-12(17)9-14(11)18)13-10-20-21-7-3-2-4-16(13)21/h2-7,9-10,15,19H,8H2,1H3. The number of nitrogens with one attached hydrogen (secondary N) is 1. The Bertz CT molecular complexity index is 769. The predicted octanol–water partition coefficient (Wildman–Crippen LogP) is 3.63. The second kappa shape index (κ2) is 5.84. The van der Waals surface area contributed by atoms with Gasteiger partial charge < -0.3 is 5.32 Å². The fourth-order valence-electron chi connectivity index (χ4n) is 2.50. The van der Waals surface area contributed by atoms with Gasteiger partial charge in [-0.1, -0.05) is 23.7 Å². The van der Waals surface area contributed by atoms with Gasteiger partial charge in [0, 0.05) is 22.8 Å². The van der Waals surface area contributed by atoms with Crippen LogP contribution in [0.3, 0.4) is 0 Å². The summed E-state index contributed by atoms with van der Waals surface area (Å²) in [4.78, 5) is 0. The molecule has 3 aromatic rings. The molecule has 0 aliphatic rings. The number of pyridine rings is 1. The fourth-order valence-corrected chi connectivity index (χ4v) is 2.66. The average Bonchev–Trinajstić information content (AvgIpc) is 2.91. The third-order valence-electron chi connectivity index (χ3n) is 3.62. The molecular formula is C16H15ClFN3. The lowest BCUT2D eigenvalue weighted by Gasteiger charge is -2.16. The van der Waals surface area contributed by atoms with Crippen molar-refractivity contribution in [3.05, 3.63) is 70.8 Å². The van der Waals surface area contributed by atoms with Crippen LogP contribution in [0.4, 0.5) is 4.39 Å². The molecule has 1 N–H and O–H groups in total. The number of halogens is 2. The molecule has 2 aromatic heterocycles. The van der Waals surface area contributed by atoms with Crippen LogP contribution in [-0.4, -0.2) is 16.7 Å². The van der Waals surface area contributed by atoms with E-state index in [9.17, 15) is 4.39 Å². The van der Waals surface area contributed by atoms with Gasteiger partial charge in [0.2, 0.25) is 0 Å². The molecule has 0 saturated heterocycles. The molecule has 0 aliphatic carbocycles. The minimum absolute atomic E-state index is 0.0134. The zero-order chi connectivity index (χ0) is 14.8. The van der Waals surface area contributed by atoms with Crippen molar-refractivity contribution < 1.29 is 4.39 Å². The highest BCUT2D eigenvalue weighted by Gasteiger charge is 2.17. The van der Waals surface area contributed by atoms with E-state index in [-0.39, 0.29) is 11.9 Å². The van der Waals surface area contributed by atoms with Crippen molar-refractivity contribution in [3.63, 3.8) is 0 Å². The van der Waals surface area contributed by atoms with Gasteiger partial charge in [-0.25, -0.2) is 8.91 Å². The van der Waals surface area contributed by atoms with Gasteiger partial charge in [0.05, 0.1) is 11.7 Å². The van der Waals surface area contributed by atoms with Crippen molar-refractivity contribution in [1.82, 2.24) is 14.9 Å².